The molecule has 0 amide bonds. The van der Waals surface area contributed by atoms with Gasteiger partial charge in [-0.2, -0.15) is 0 Å². The Labute approximate surface area is 82.9 Å². The molecule has 70 valence electrons. The summed E-state index contributed by atoms with van der Waals surface area (Å²) in [6, 6.07) is 8.11. The van der Waals surface area contributed by atoms with Crippen molar-refractivity contribution in [2.24, 2.45) is 4.99 Å². The highest BCUT2D eigenvalue weighted by Gasteiger charge is 2.52. The number of epoxide rings is 1. The normalized spacial score (nSPS) is 26.8. The minimum atomic E-state index is -0.182. The molecule has 1 aromatic carbocycles. The minimum absolute atomic E-state index is 0.182. The van der Waals surface area contributed by atoms with E-state index in [1.165, 1.54) is 5.56 Å². The molecule has 1 saturated heterocycles. The molecule has 0 radical (unpaired) electrons. The van der Waals surface area contributed by atoms with Crippen molar-refractivity contribution in [3.05, 3.63) is 35.9 Å². The maximum Gasteiger partial charge on any atom is 0.239 e. The summed E-state index contributed by atoms with van der Waals surface area (Å²) in [5, 5.41) is 0. The van der Waals surface area contributed by atoms with Gasteiger partial charge in [-0.1, -0.05) is 31.2 Å². The average molecular weight is 185 g/mol. The Hall–Kier alpha value is -1.57. The van der Waals surface area contributed by atoms with Gasteiger partial charge in [0.1, 0.15) is 0 Å². The first-order valence-corrected chi connectivity index (χ1v) is 4.90. The molecule has 14 heavy (non-hydrogen) atoms. The molecule has 0 aliphatic carbocycles. The largest absolute Gasteiger partial charge is 0.457 e. The van der Waals surface area contributed by atoms with E-state index in [9.17, 15) is 0 Å². The quantitative estimate of drug-likeness (QED) is 0.617. The van der Waals surface area contributed by atoms with Crippen LogP contribution in [0.25, 0.3) is 6.08 Å². The number of para-hydroxylation sites is 1. The molecular formula is C12H11NO. The molecule has 3 rings (SSSR count). The van der Waals surface area contributed by atoms with E-state index in [0.29, 0.717) is 0 Å². The highest BCUT2D eigenvalue weighted by Crippen LogP contribution is 2.41. The van der Waals surface area contributed by atoms with E-state index in [1.807, 2.05) is 18.2 Å². The summed E-state index contributed by atoms with van der Waals surface area (Å²) in [5.74, 6) is 0.862. The van der Waals surface area contributed by atoms with E-state index >= 15 is 0 Å². The fraction of sp³-hybridized carbons (Fsp3) is 0.250. The molecule has 0 bridgehead atoms. The summed E-state index contributed by atoms with van der Waals surface area (Å²) < 4.78 is 5.51. The van der Waals surface area contributed by atoms with Crippen molar-refractivity contribution in [3.8, 4) is 0 Å². The zero-order valence-corrected chi connectivity index (χ0v) is 8.03. The number of nitrogens with zero attached hydrogens (tertiary/aromatic N) is 1. The van der Waals surface area contributed by atoms with Crippen molar-refractivity contribution in [1.82, 2.24) is 0 Å². The van der Waals surface area contributed by atoms with E-state index in [-0.39, 0.29) is 5.60 Å². The fourth-order valence-electron chi connectivity index (χ4n) is 1.78. The molecule has 1 atom stereocenters. The number of fused-ring (bicyclic) bond motifs is 2. The summed E-state index contributed by atoms with van der Waals surface area (Å²) in [6.45, 7) is 2.11. The predicted molar refractivity (Wildman–Crippen MR) is 56.7 cm³/mol. The van der Waals surface area contributed by atoms with Gasteiger partial charge in [-0.05, 0) is 18.6 Å². The predicted octanol–water partition coefficient (Wildman–Crippen LogP) is 2.92. The number of hydrogen-bond donors (Lipinski definition) is 0. The molecule has 2 aliphatic heterocycles. The smallest absolute Gasteiger partial charge is 0.239 e. The molecule has 0 aromatic heterocycles. The number of aliphatic imine (C=N–C) groups is 1. The summed E-state index contributed by atoms with van der Waals surface area (Å²) in [6.07, 6.45) is 5.16. The van der Waals surface area contributed by atoms with Gasteiger partial charge < -0.3 is 4.74 Å². The van der Waals surface area contributed by atoms with Gasteiger partial charge in [0.25, 0.3) is 0 Å². The Morgan fingerprint density at radius 1 is 1.36 bits per heavy atom. The third kappa shape index (κ3) is 0.939. The maximum absolute atomic E-state index is 5.51. The second-order valence-electron chi connectivity index (χ2n) is 3.65. The van der Waals surface area contributed by atoms with Gasteiger partial charge in [-0.3, -0.25) is 0 Å². The van der Waals surface area contributed by atoms with Crippen LogP contribution in [0.5, 0.6) is 0 Å². The molecule has 0 N–H and O–H groups in total. The lowest BCUT2D eigenvalue weighted by Crippen LogP contribution is -2.05. The molecular weight excluding hydrogens is 174 g/mol. The molecule has 1 fully saturated rings. The molecule has 2 aliphatic rings. The summed E-state index contributed by atoms with van der Waals surface area (Å²) in [4.78, 5) is 4.49. The van der Waals surface area contributed by atoms with Gasteiger partial charge >= 0.3 is 0 Å². The van der Waals surface area contributed by atoms with Gasteiger partial charge in [0.05, 0.1) is 5.69 Å². The highest BCUT2D eigenvalue weighted by molar-refractivity contribution is 6.04. The van der Waals surface area contributed by atoms with Crippen LogP contribution >= 0.6 is 0 Å². The van der Waals surface area contributed by atoms with Crippen LogP contribution in [0.4, 0.5) is 5.69 Å². The monoisotopic (exact) mass is 185 g/mol. The zero-order chi connectivity index (χ0) is 9.60. The van der Waals surface area contributed by atoms with Crippen LogP contribution < -0.4 is 0 Å². The highest BCUT2D eigenvalue weighted by atomic mass is 16.6. The van der Waals surface area contributed by atoms with E-state index in [0.717, 1.165) is 18.0 Å². The summed E-state index contributed by atoms with van der Waals surface area (Å²) in [5.41, 5.74) is 1.99. The van der Waals surface area contributed by atoms with Gasteiger partial charge in [-0.25, -0.2) is 4.99 Å². The third-order valence-electron chi connectivity index (χ3n) is 2.82. The Morgan fingerprint density at radius 2 is 2.21 bits per heavy atom. The van der Waals surface area contributed by atoms with E-state index < -0.39 is 0 Å². The van der Waals surface area contributed by atoms with E-state index in [1.54, 1.807) is 0 Å². The lowest BCUT2D eigenvalue weighted by atomic mass is 10.1. The number of benzene rings is 1. The van der Waals surface area contributed by atoms with Crippen LogP contribution in [0, 0.1) is 0 Å². The van der Waals surface area contributed by atoms with Crippen molar-refractivity contribution >= 4 is 17.7 Å². The lowest BCUT2D eigenvalue weighted by molar-refractivity contribution is 0.364. The standard InChI is InChI=1S/C12H11NO/c1-2-12-8-7-9-5-3-4-6-10(9)13-11(12)14-12/h3-8H,2H2,1H3. The molecule has 0 saturated carbocycles. The zero-order valence-electron chi connectivity index (χ0n) is 8.03. The summed E-state index contributed by atoms with van der Waals surface area (Å²) in [7, 11) is 0. The Kier molecular flexibility index (Phi) is 1.38. The average Bonchev–Trinajstić information content (AvgIpc) is 2.91. The van der Waals surface area contributed by atoms with E-state index in [4.69, 9.17) is 4.74 Å². The number of rotatable bonds is 1. The van der Waals surface area contributed by atoms with Crippen molar-refractivity contribution in [1.29, 1.82) is 0 Å². The van der Waals surface area contributed by atoms with Gasteiger partial charge in [0.2, 0.25) is 11.5 Å². The number of ether oxygens (including phenoxy) is 1. The van der Waals surface area contributed by atoms with Crippen molar-refractivity contribution in [2.75, 3.05) is 0 Å². The first-order chi connectivity index (χ1) is 6.84. The van der Waals surface area contributed by atoms with Crippen LogP contribution in [0.15, 0.2) is 35.3 Å². The van der Waals surface area contributed by atoms with E-state index in [2.05, 4.69) is 30.1 Å². The molecule has 1 unspecified atom stereocenters. The lowest BCUT2D eigenvalue weighted by Gasteiger charge is -1.98. The van der Waals surface area contributed by atoms with Crippen LogP contribution in [0.2, 0.25) is 0 Å². The van der Waals surface area contributed by atoms with Crippen LogP contribution in [-0.2, 0) is 4.74 Å². The Bertz CT molecular complexity index is 447. The second kappa shape index (κ2) is 2.47. The minimum Gasteiger partial charge on any atom is -0.457 e. The van der Waals surface area contributed by atoms with Crippen LogP contribution in [0.3, 0.4) is 0 Å². The summed E-state index contributed by atoms with van der Waals surface area (Å²) >= 11 is 0. The maximum atomic E-state index is 5.51. The van der Waals surface area contributed by atoms with Gasteiger partial charge in [0, 0.05) is 5.56 Å². The Morgan fingerprint density at radius 3 is 3.07 bits per heavy atom. The van der Waals surface area contributed by atoms with Crippen LogP contribution in [-0.4, -0.2) is 11.5 Å². The number of hydrogen-bond acceptors (Lipinski definition) is 2. The van der Waals surface area contributed by atoms with Crippen molar-refractivity contribution in [3.63, 3.8) is 0 Å². The second-order valence-corrected chi connectivity index (χ2v) is 3.65. The van der Waals surface area contributed by atoms with Crippen molar-refractivity contribution < 1.29 is 4.74 Å². The molecule has 1 aromatic rings. The molecule has 2 nitrogen and oxygen atoms in total. The SMILES string of the molecule is CCC12C=Cc3ccccc3N=C1O2. The van der Waals surface area contributed by atoms with Crippen LogP contribution in [0.1, 0.15) is 18.9 Å². The molecule has 2 heterocycles. The van der Waals surface area contributed by atoms with Gasteiger partial charge in [0.15, 0.2) is 0 Å². The molecule has 2 heteroatoms. The first kappa shape index (κ1) is 7.80. The molecule has 0 spiro atoms. The first-order valence-electron chi connectivity index (χ1n) is 4.90. The van der Waals surface area contributed by atoms with Crippen molar-refractivity contribution in [2.45, 2.75) is 18.9 Å². The Balaban J connectivity index is 2.15. The topological polar surface area (TPSA) is 24.9 Å². The fourth-order valence-corrected chi connectivity index (χ4v) is 1.78. The third-order valence-corrected chi connectivity index (χ3v) is 2.82. The van der Waals surface area contributed by atoms with Gasteiger partial charge in [-0.15, -0.1) is 0 Å².